The molecule has 2 aromatic carbocycles. The average molecular weight is 414 g/mol. The van der Waals surface area contributed by atoms with E-state index in [0.29, 0.717) is 0 Å². The molecule has 1 amide bonds. The highest BCUT2D eigenvalue weighted by atomic mass is 19.1. The van der Waals surface area contributed by atoms with Crippen LogP contribution in [0.1, 0.15) is 26.5 Å². The number of carbonyl (C=O) groups excluding carboxylic acids is 1. The number of hydrogen-bond donors (Lipinski definition) is 0. The number of rotatable bonds is 4. The highest BCUT2D eigenvalue weighted by Gasteiger charge is 2.28. The summed E-state index contributed by atoms with van der Waals surface area (Å²) in [6, 6.07) is 10.6. The fraction of sp³-hybridized carbons (Fsp3) is 0.182. The third-order valence-corrected chi connectivity index (χ3v) is 3.92. The molecule has 0 aliphatic carbocycles. The zero-order valence-corrected chi connectivity index (χ0v) is 16.7. The van der Waals surface area contributed by atoms with Crippen molar-refractivity contribution in [1.82, 2.24) is 4.57 Å². The molecule has 0 saturated carbocycles. The first-order valence-electron chi connectivity index (χ1n) is 9.01. The molecule has 0 bridgehead atoms. The number of halogens is 2. The number of nitrogens with zero attached hydrogens (tertiary/aromatic N) is 2. The second-order valence-electron chi connectivity index (χ2n) is 7.45. The van der Waals surface area contributed by atoms with Crippen molar-refractivity contribution in [2.24, 2.45) is 0 Å². The third-order valence-electron chi connectivity index (χ3n) is 3.92. The van der Waals surface area contributed by atoms with Crippen molar-refractivity contribution in [1.29, 1.82) is 0 Å². The van der Waals surface area contributed by atoms with Crippen LogP contribution in [-0.2, 0) is 4.74 Å². The minimum absolute atomic E-state index is 0.0536. The van der Waals surface area contributed by atoms with E-state index < -0.39 is 29.1 Å². The van der Waals surface area contributed by atoms with Gasteiger partial charge in [0.2, 0.25) is 0 Å². The maximum atomic E-state index is 13.8. The molecule has 30 heavy (non-hydrogen) atoms. The summed E-state index contributed by atoms with van der Waals surface area (Å²) in [5.41, 5.74) is -0.521. The number of aromatic nitrogens is 1. The van der Waals surface area contributed by atoms with E-state index in [4.69, 9.17) is 9.15 Å². The Morgan fingerprint density at radius 2 is 1.73 bits per heavy atom. The highest BCUT2D eigenvalue weighted by Crippen LogP contribution is 2.28. The topological polar surface area (TPSA) is 64.7 Å². The van der Waals surface area contributed by atoms with Gasteiger partial charge in [0.15, 0.2) is 5.76 Å². The SMILES string of the molecule is C=C(c1cn(-c2cccc(F)c2)c(=O)o1)N(C(=O)OC(C)(C)C)c1cccc(F)c1. The van der Waals surface area contributed by atoms with Crippen LogP contribution < -0.4 is 10.7 Å². The van der Waals surface area contributed by atoms with Gasteiger partial charge in [-0.25, -0.2) is 27.8 Å². The number of oxazole rings is 1. The van der Waals surface area contributed by atoms with Crippen LogP contribution in [0.3, 0.4) is 0 Å². The van der Waals surface area contributed by atoms with E-state index in [1.165, 1.54) is 42.6 Å². The fourth-order valence-electron chi connectivity index (χ4n) is 2.68. The molecule has 3 rings (SSSR count). The minimum Gasteiger partial charge on any atom is -0.443 e. The van der Waals surface area contributed by atoms with Gasteiger partial charge in [-0.15, -0.1) is 0 Å². The van der Waals surface area contributed by atoms with Crippen LogP contribution in [0.25, 0.3) is 11.4 Å². The molecule has 3 aromatic rings. The van der Waals surface area contributed by atoms with Crippen LogP contribution in [0.4, 0.5) is 19.3 Å². The Labute approximate surface area is 171 Å². The number of hydrogen-bond acceptors (Lipinski definition) is 4. The first-order chi connectivity index (χ1) is 14.0. The van der Waals surface area contributed by atoms with Crippen LogP contribution in [-0.4, -0.2) is 16.3 Å². The molecule has 6 nitrogen and oxygen atoms in total. The van der Waals surface area contributed by atoms with Crippen LogP contribution in [0, 0.1) is 11.6 Å². The van der Waals surface area contributed by atoms with E-state index >= 15 is 0 Å². The summed E-state index contributed by atoms with van der Waals surface area (Å²) in [6.45, 7) is 8.87. The smallest absolute Gasteiger partial charge is 0.424 e. The zero-order valence-electron chi connectivity index (χ0n) is 16.7. The Balaban J connectivity index is 2.04. The number of ether oxygens (including phenoxy) is 1. The van der Waals surface area contributed by atoms with Crippen LogP contribution in [0.2, 0.25) is 0 Å². The lowest BCUT2D eigenvalue weighted by Crippen LogP contribution is -2.35. The maximum absolute atomic E-state index is 13.8. The van der Waals surface area contributed by atoms with Crippen LogP contribution in [0.5, 0.6) is 0 Å². The average Bonchev–Trinajstić information content (AvgIpc) is 3.02. The van der Waals surface area contributed by atoms with Crippen molar-refractivity contribution in [3.63, 3.8) is 0 Å². The zero-order chi connectivity index (χ0) is 22.1. The Morgan fingerprint density at radius 3 is 2.33 bits per heavy atom. The second-order valence-corrected chi connectivity index (χ2v) is 7.45. The number of carbonyl (C=O) groups is 1. The van der Waals surface area contributed by atoms with E-state index in [-0.39, 0.29) is 22.8 Å². The molecule has 1 aromatic heterocycles. The minimum atomic E-state index is -0.836. The largest absolute Gasteiger partial charge is 0.443 e. The summed E-state index contributed by atoms with van der Waals surface area (Å²) in [5, 5.41) is 0. The summed E-state index contributed by atoms with van der Waals surface area (Å²) in [7, 11) is 0. The van der Waals surface area contributed by atoms with Crippen LogP contribution >= 0.6 is 0 Å². The first-order valence-corrected chi connectivity index (χ1v) is 9.01. The van der Waals surface area contributed by atoms with Gasteiger partial charge in [-0.1, -0.05) is 18.7 Å². The lowest BCUT2D eigenvalue weighted by Gasteiger charge is -2.27. The normalized spacial score (nSPS) is 11.2. The monoisotopic (exact) mass is 414 g/mol. The van der Waals surface area contributed by atoms with E-state index in [1.54, 1.807) is 20.8 Å². The first kappa shape index (κ1) is 21.0. The van der Waals surface area contributed by atoms with Crippen molar-refractivity contribution in [3.05, 3.63) is 89.3 Å². The summed E-state index contributed by atoms with van der Waals surface area (Å²) in [4.78, 5) is 26.1. The maximum Gasteiger partial charge on any atom is 0.424 e. The van der Waals surface area contributed by atoms with Gasteiger partial charge in [-0.2, -0.15) is 0 Å². The van der Waals surface area contributed by atoms with Gasteiger partial charge >= 0.3 is 11.8 Å². The molecule has 0 spiro atoms. The predicted octanol–water partition coefficient (Wildman–Crippen LogP) is 5.12. The molecule has 1 heterocycles. The van der Waals surface area contributed by atoms with Gasteiger partial charge in [0.25, 0.3) is 0 Å². The van der Waals surface area contributed by atoms with Crippen LogP contribution in [0.15, 0.2) is 70.5 Å². The lowest BCUT2D eigenvalue weighted by molar-refractivity contribution is 0.0600. The summed E-state index contributed by atoms with van der Waals surface area (Å²) < 4.78 is 39.0. The molecule has 0 atom stereocenters. The lowest BCUT2D eigenvalue weighted by atomic mass is 10.2. The standard InChI is InChI=1S/C22H20F2N2O4/c1-14(19-13-25(20(27)29-19)17-9-5-7-15(23)11-17)26(21(28)30-22(2,3)4)18-10-6-8-16(24)12-18/h5-13H,1H2,2-4H3. The van der Waals surface area contributed by atoms with Gasteiger partial charge in [-0.05, 0) is 57.2 Å². The van der Waals surface area contributed by atoms with Gasteiger partial charge < -0.3 is 9.15 Å². The van der Waals surface area contributed by atoms with E-state index in [2.05, 4.69) is 6.58 Å². The van der Waals surface area contributed by atoms with Crippen molar-refractivity contribution < 1.29 is 22.7 Å². The molecule has 156 valence electrons. The molecule has 0 saturated heterocycles. The molecule has 0 unspecified atom stereocenters. The second kappa shape index (κ2) is 7.98. The summed E-state index contributed by atoms with van der Waals surface area (Å²) >= 11 is 0. The molecular weight excluding hydrogens is 394 g/mol. The van der Waals surface area contributed by atoms with Gasteiger partial charge in [-0.3, -0.25) is 0 Å². The number of anilines is 1. The fourth-order valence-corrected chi connectivity index (χ4v) is 2.68. The molecular formula is C22H20F2N2O4. The highest BCUT2D eigenvalue weighted by molar-refractivity contribution is 6.01. The van der Waals surface area contributed by atoms with Crippen molar-refractivity contribution in [2.75, 3.05) is 4.90 Å². The Bertz CT molecular complexity index is 1160. The van der Waals surface area contributed by atoms with Gasteiger partial charge in [0.1, 0.15) is 17.2 Å². The molecule has 0 radical (unpaired) electrons. The number of benzene rings is 2. The molecule has 0 fully saturated rings. The molecule has 8 heteroatoms. The predicted molar refractivity (Wildman–Crippen MR) is 108 cm³/mol. The van der Waals surface area contributed by atoms with E-state index in [9.17, 15) is 18.4 Å². The Kier molecular flexibility index (Phi) is 5.60. The van der Waals surface area contributed by atoms with E-state index in [1.807, 2.05) is 0 Å². The molecule has 0 aliphatic heterocycles. The van der Waals surface area contributed by atoms with Crippen molar-refractivity contribution in [2.45, 2.75) is 26.4 Å². The Morgan fingerprint density at radius 1 is 1.10 bits per heavy atom. The van der Waals surface area contributed by atoms with Gasteiger partial charge in [0, 0.05) is 0 Å². The summed E-state index contributed by atoms with van der Waals surface area (Å²) in [5.74, 6) is -1.98. The molecule has 0 aliphatic rings. The Hall–Kier alpha value is -3.68. The van der Waals surface area contributed by atoms with Crippen molar-refractivity contribution >= 4 is 17.5 Å². The van der Waals surface area contributed by atoms with E-state index in [0.717, 1.165) is 21.6 Å². The van der Waals surface area contributed by atoms with Gasteiger partial charge in [0.05, 0.1) is 23.3 Å². The summed E-state index contributed by atoms with van der Waals surface area (Å²) in [6.07, 6.45) is 0.440. The number of amides is 1. The third kappa shape index (κ3) is 4.65. The van der Waals surface area contributed by atoms with Crippen molar-refractivity contribution in [3.8, 4) is 5.69 Å². The quantitative estimate of drug-likeness (QED) is 0.594. The molecule has 0 N–H and O–H groups in total.